The minimum absolute atomic E-state index is 0.330. The molecular formula is C11H22BNSe. The van der Waals surface area contributed by atoms with Crippen molar-refractivity contribution in [3.63, 3.8) is 0 Å². The summed E-state index contributed by atoms with van der Waals surface area (Å²) in [4.78, 5) is 0. The number of allylic oxidation sites excluding steroid dienone is 2. The van der Waals surface area contributed by atoms with Gasteiger partial charge in [-0.1, -0.05) is 0 Å². The van der Waals surface area contributed by atoms with Crippen molar-refractivity contribution in [3.05, 3.63) is 9.94 Å². The molecule has 1 aliphatic heterocycles. The molecule has 0 saturated carbocycles. The third-order valence-electron chi connectivity index (χ3n) is 2.79. The summed E-state index contributed by atoms with van der Waals surface area (Å²) in [5.41, 5.74) is 2.04. The second-order valence-electron chi connectivity index (χ2n) is 4.92. The molecule has 14 heavy (non-hydrogen) atoms. The predicted molar refractivity (Wildman–Crippen MR) is 66.6 cm³/mol. The van der Waals surface area contributed by atoms with Crippen molar-refractivity contribution in [2.75, 3.05) is 0 Å². The molecule has 0 saturated heterocycles. The van der Waals surface area contributed by atoms with Gasteiger partial charge in [-0.25, -0.2) is 0 Å². The molecule has 0 atom stereocenters. The summed E-state index contributed by atoms with van der Waals surface area (Å²) >= 11 is 0.595. The zero-order valence-electron chi connectivity index (χ0n) is 10.3. The third kappa shape index (κ3) is 2.26. The fourth-order valence-electron chi connectivity index (χ4n) is 2.13. The van der Waals surface area contributed by atoms with E-state index in [4.69, 9.17) is 0 Å². The zero-order chi connectivity index (χ0) is 10.9. The Morgan fingerprint density at radius 1 is 1.21 bits per heavy atom. The summed E-state index contributed by atoms with van der Waals surface area (Å²) in [7, 11) is 0. The van der Waals surface area contributed by atoms with Crippen LogP contribution in [0.25, 0.3) is 0 Å². The number of hydrogen-bond donors (Lipinski definition) is 0. The Bertz CT molecular complexity index is 242. The molecule has 0 aliphatic carbocycles. The first-order chi connectivity index (χ1) is 6.41. The first-order valence-electron chi connectivity index (χ1n) is 5.61. The Hall–Kier alpha value is 0.284. The van der Waals surface area contributed by atoms with E-state index < -0.39 is 0 Å². The van der Waals surface area contributed by atoms with Gasteiger partial charge >= 0.3 is 95.6 Å². The van der Waals surface area contributed by atoms with Crippen LogP contribution in [0.2, 0.25) is 6.82 Å². The van der Waals surface area contributed by atoms with Crippen LogP contribution in [0.5, 0.6) is 0 Å². The normalized spacial score (nSPS) is 19.7. The second-order valence-corrected chi connectivity index (χ2v) is 7.16. The maximum absolute atomic E-state index is 2.68. The van der Waals surface area contributed by atoms with Crippen molar-refractivity contribution in [3.8, 4) is 0 Å². The first kappa shape index (κ1) is 12.4. The van der Waals surface area contributed by atoms with Crippen molar-refractivity contribution < 1.29 is 0 Å². The van der Waals surface area contributed by atoms with Crippen LogP contribution in [-0.4, -0.2) is 31.4 Å². The van der Waals surface area contributed by atoms with Gasteiger partial charge in [0.2, 0.25) is 0 Å². The average molecular weight is 258 g/mol. The average Bonchev–Trinajstić information content (AvgIpc) is 2.40. The first-order valence-corrected chi connectivity index (χ1v) is 7.23. The molecule has 1 heterocycles. The summed E-state index contributed by atoms with van der Waals surface area (Å²) in [5, 5.41) is 0. The van der Waals surface area contributed by atoms with Crippen LogP contribution >= 0.6 is 0 Å². The number of hydrogen-bond acceptors (Lipinski definition) is 1. The van der Waals surface area contributed by atoms with Crippen LogP contribution in [0.15, 0.2) is 9.94 Å². The van der Waals surface area contributed by atoms with Gasteiger partial charge in [0, 0.05) is 0 Å². The standard InChI is InChI=1S/C11H22BNSe/c1-7-9-10(8-2)14-13(12(9)6)11(3,4)5/h7-8H2,1-6H3. The van der Waals surface area contributed by atoms with Crippen molar-refractivity contribution in [1.82, 2.24) is 3.83 Å². The molecule has 1 aliphatic rings. The van der Waals surface area contributed by atoms with E-state index in [0.29, 0.717) is 27.6 Å². The molecule has 1 rings (SSSR count). The summed E-state index contributed by atoms with van der Waals surface area (Å²) in [6.07, 6.45) is 2.48. The molecule has 3 heteroatoms. The van der Waals surface area contributed by atoms with Crippen LogP contribution in [0.3, 0.4) is 0 Å². The Labute approximate surface area is 95.8 Å². The summed E-state index contributed by atoms with van der Waals surface area (Å²) < 4.78 is 4.42. The van der Waals surface area contributed by atoms with Gasteiger partial charge in [-0.2, -0.15) is 0 Å². The molecule has 0 aromatic heterocycles. The van der Waals surface area contributed by atoms with E-state index in [0.717, 1.165) is 0 Å². The predicted octanol–water partition coefficient (Wildman–Crippen LogP) is 2.95. The second kappa shape index (κ2) is 4.43. The topological polar surface area (TPSA) is 3.24 Å². The van der Waals surface area contributed by atoms with Crippen molar-refractivity contribution in [2.45, 2.75) is 59.8 Å². The summed E-state index contributed by atoms with van der Waals surface area (Å²) in [6, 6.07) is 0. The van der Waals surface area contributed by atoms with Crippen LogP contribution in [-0.2, 0) is 0 Å². The number of nitrogens with zero attached hydrogens (tertiary/aromatic N) is 1. The molecule has 0 N–H and O–H groups in total. The van der Waals surface area contributed by atoms with E-state index in [-0.39, 0.29) is 0 Å². The van der Waals surface area contributed by atoms with E-state index in [1.54, 1.807) is 9.94 Å². The summed E-state index contributed by atoms with van der Waals surface area (Å²) in [6.45, 7) is 14.6. The van der Waals surface area contributed by atoms with Gasteiger partial charge in [0.1, 0.15) is 0 Å². The molecular weight excluding hydrogens is 236 g/mol. The zero-order valence-corrected chi connectivity index (χ0v) is 12.1. The van der Waals surface area contributed by atoms with E-state index in [1.165, 1.54) is 12.8 Å². The molecule has 0 bridgehead atoms. The van der Waals surface area contributed by atoms with E-state index in [2.05, 4.69) is 45.3 Å². The van der Waals surface area contributed by atoms with Crippen LogP contribution < -0.4 is 0 Å². The molecule has 0 aromatic carbocycles. The van der Waals surface area contributed by atoms with Crippen molar-refractivity contribution in [2.24, 2.45) is 0 Å². The Kier molecular flexibility index (Phi) is 3.91. The van der Waals surface area contributed by atoms with Gasteiger partial charge in [-0.05, 0) is 0 Å². The fraction of sp³-hybridized carbons (Fsp3) is 0.818. The van der Waals surface area contributed by atoms with Crippen molar-refractivity contribution in [1.29, 1.82) is 0 Å². The molecule has 0 fully saturated rings. The Morgan fingerprint density at radius 2 is 1.79 bits per heavy atom. The molecule has 1 nitrogen and oxygen atoms in total. The van der Waals surface area contributed by atoms with E-state index in [9.17, 15) is 0 Å². The quantitative estimate of drug-likeness (QED) is 0.688. The van der Waals surface area contributed by atoms with Gasteiger partial charge in [0.15, 0.2) is 0 Å². The maximum atomic E-state index is 2.68. The van der Waals surface area contributed by atoms with Crippen LogP contribution in [0.1, 0.15) is 47.5 Å². The van der Waals surface area contributed by atoms with Crippen LogP contribution in [0.4, 0.5) is 0 Å². The third-order valence-corrected chi connectivity index (χ3v) is 6.63. The van der Waals surface area contributed by atoms with Gasteiger partial charge in [-0.15, -0.1) is 0 Å². The fourth-order valence-corrected chi connectivity index (χ4v) is 4.98. The van der Waals surface area contributed by atoms with E-state index in [1.807, 2.05) is 0 Å². The van der Waals surface area contributed by atoms with Gasteiger partial charge < -0.3 is 0 Å². The molecule has 0 radical (unpaired) electrons. The Morgan fingerprint density at radius 3 is 2.07 bits per heavy atom. The minimum atomic E-state index is 0.330. The van der Waals surface area contributed by atoms with Gasteiger partial charge in [-0.3, -0.25) is 0 Å². The molecule has 0 unspecified atom stereocenters. The number of rotatable bonds is 2. The summed E-state index contributed by atoms with van der Waals surface area (Å²) in [5.74, 6) is 0. The monoisotopic (exact) mass is 259 g/mol. The molecule has 0 amide bonds. The van der Waals surface area contributed by atoms with Crippen LogP contribution in [0, 0.1) is 0 Å². The van der Waals surface area contributed by atoms with Gasteiger partial charge in [0.05, 0.1) is 0 Å². The molecule has 0 aromatic rings. The Balaban J connectivity index is 2.86. The van der Waals surface area contributed by atoms with Crippen molar-refractivity contribution >= 4 is 22.0 Å². The molecule has 0 spiro atoms. The molecule has 80 valence electrons. The van der Waals surface area contributed by atoms with E-state index >= 15 is 0 Å². The SMILES string of the molecule is CCC1=C(CC)B(C)N(C(C)(C)C)[Se]1. The van der Waals surface area contributed by atoms with Gasteiger partial charge in [0.25, 0.3) is 0 Å².